The summed E-state index contributed by atoms with van der Waals surface area (Å²) in [6, 6.07) is 42.3. The lowest BCUT2D eigenvalue weighted by molar-refractivity contribution is -0.131. The van der Waals surface area contributed by atoms with E-state index < -0.39 is 0 Å². The van der Waals surface area contributed by atoms with Gasteiger partial charge in [0.1, 0.15) is 12.4 Å². The van der Waals surface area contributed by atoms with Crippen molar-refractivity contribution in [1.82, 2.24) is 24.3 Å². The number of aromatic nitrogens is 2. The number of aryl methyl sites for hydroxylation is 1. The van der Waals surface area contributed by atoms with Gasteiger partial charge in [-0.3, -0.25) is 19.3 Å². The summed E-state index contributed by atoms with van der Waals surface area (Å²) in [6.45, 7) is 12.4. The average Bonchev–Trinajstić information content (AvgIpc) is 3.68. The first-order chi connectivity index (χ1) is 35.3. The Morgan fingerprint density at radius 1 is 0.740 bits per heavy atom. The number of fused-ring (bicyclic) bond motifs is 2. The lowest BCUT2D eigenvalue weighted by Gasteiger charge is -2.60. The van der Waals surface area contributed by atoms with E-state index in [1.165, 1.54) is 24.3 Å². The van der Waals surface area contributed by atoms with Gasteiger partial charge in [-0.25, -0.2) is 4.98 Å². The number of ether oxygens (including phenoxy) is 2. The van der Waals surface area contributed by atoms with Crippen molar-refractivity contribution in [1.29, 1.82) is 0 Å². The Bertz CT molecular complexity index is 3240. The van der Waals surface area contributed by atoms with Gasteiger partial charge in [0, 0.05) is 104 Å². The van der Waals surface area contributed by atoms with Crippen LogP contribution in [-0.2, 0) is 50.8 Å². The van der Waals surface area contributed by atoms with E-state index in [4.69, 9.17) is 9.47 Å². The second-order valence-corrected chi connectivity index (χ2v) is 20.9. The van der Waals surface area contributed by atoms with Gasteiger partial charge in [0.05, 0.1) is 31.0 Å². The zero-order chi connectivity index (χ0) is 50.5. The summed E-state index contributed by atoms with van der Waals surface area (Å²) in [6.07, 6.45) is 3.29. The second-order valence-electron chi connectivity index (χ2n) is 20.9. The first-order valence-corrected chi connectivity index (χ1v) is 25.5. The van der Waals surface area contributed by atoms with E-state index in [-0.39, 0.29) is 30.2 Å². The summed E-state index contributed by atoms with van der Waals surface area (Å²) in [5.41, 5.74) is 13.6. The highest BCUT2D eigenvalue weighted by molar-refractivity contribution is 6.12. The van der Waals surface area contributed by atoms with Crippen molar-refractivity contribution in [3.63, 3.8) is 0 Å². The quantitative estimate of drug-likeness (QED) is 0.119. The van der Waals surface area contributed by atoms with Crippen molar-refractivity contribution in [3.05, 3.63) is 189 Å². The molecule has 73 heavy (non-hydrogen) atoms. The molecule has 0 bridgehead atoms. The fourth-order valence-electron chi connectivity index (χ4n) is 11.7. The van der Waals surface area contributed by atoms with Gasteiger partial charge in [-0.15, -0.1) is 0 Å². The summed E-state index contributed by atoms with van der Waals surface area (Å²) < 4.78 is 13.7. The average molecular weight is 974 g/mol. The largest absolute Gasteiger partial charge is 0.489 e. The minimum atomic E-state index is -0.224. The lowest BCUT2D eigenvalue weighted by Crippen LogP contribution is -2.71. The predicted molar refractivity (Wildman–Crippen MR) is 286 cm³/mol. The number of carbonyl (C=O) groups excluding carboxylic acids is 3. The maximum Gasteiger partial charge on any atom is 0.264 e. The zero-order valence-corrected chi connectivity index (χ0v) is 42.7. The maximum absolute atomic E-state index is 15.2. The molecule has 1 spiro atoms. The molecule has 2 fully saturated rings. The molecular formula is C61H63N7O5. The summed E-state index contributed by atoms with van der Waals surface area (Å²) in [4.78, 5) is 59.3. The van der Waals surface area contributed by atoms with Gasteiger partial charge in [-0.2, -0.15) is 0 Å². The van der Waals surface area contributed by atoms with Crippen LogP contribution in [0.5, 0.6) is 11.6 Å². The highest BCUT2D eigenvalue weighted by atomic mass is 16.5. The Kier molecular flexibility index (Phi) is 12.6. The minimum Gasteiger partial charge on any atom is -0.489 e. The number of likely N-dealkylation sites (tertiary alicyclic amines) is 1. The molecule has 372 valence electrons. The Morgan fingerprint density at radius 2 is 1.49 bits per heavy atom. The van der Waals surface area contributed by atoms with Gasteiger partial charge in [-0.05, 0) is 135 Å². The molecule has 12 nitrogen and oxygen atoms in total. The molecule has 12 heteroatoms. The van der Waals surface area contributed by atoms with Crippen molar-refractivity contribution in [2.45, 2.75) is 65.8 Å². The minimum absolute atomic E-state index is 0.0297. The molecule has 7 aromatic rings. The van der Waals surface area contributed by atoms with E-state index in [1.807, 2.05) is 114 Å². The highest BCUT2D eigenvalue weighted by Gasteiger charge is 2.50. The normalized spacial score (nSPS) is 16.8. The molecule has 0 aliphatic carbocycles. The van der Waals surface area contributed by atoms with Crippen LogP contribution < -0.4 is 19.3 Å². The smallest absolute Gasteiger partial charge is 0.264 e. The van der Waals surface area contributed by atoms with Crippen LogP contribution in [0.25, 0.3) is 11.3 Å². The van der Waals surface area contributed by atoms with Crippen LogP contribution in [0.15, 0.2) is 134 Å². The summed E-state index contributed by atoms with van der Waals surface area (Å²) >= 11 is 0. The van der Waals surface area contributed by atoms with Crippen molar-refractivity contribution < 1.29 is 23.9 Å². The van der Waals surface area contributed by atoms with Crippen LogP contribution in [0.1, 0.15) is 72.3 Å². The fraction of sp³-hybridized carbons (Fsp3) is 0.311. The van der Waals surface area contributed by atoms with Crippen LogP contribution in [-0.4, -0.2) is 94.9 Å². The van der Waals surface area contributed by atoms with Crippen molar-refractivity contribution >= 4 is 34.8 Å². The Morgan fingerprint density at radius 3 is 2.23 bits per heavy atom. The standard InChI is InChI=1S/C61H63N7O5/c1-40-25-51(32-62-58(40)72-6)68(49-16-8-7-9-17-49)60(71)53-31-56(64(5)42(53)3)54-29-46-23-24-65(33-48(46)30-55(54)59(70)67-34-47-15-11-10-14-45(47)26-41(67)2)57(69)28-43-19-21-52(22-20-43)73-35-44-13-12-18-50(27-44)66-38-61(39-66)36-63(4)37-61/h7-22,25,27,29-32,41H,23-24,26,28,33-39H2,1-6H3/t41-/m1/s1. The number of nitrogens with zero attached hydrogens (tertiary/aromatic N) is 7. The number of hydrogen-bond acceptors (Lipinski definition) is 8. The molecular weight excluding hydrogens is 911 g/mol. The third kappa shape index (κ3) is 9.25. The molecule has 2 aromatic heterocycles. The third-order valence-electron chi connectivity index (χ3n) is 15.7. The maximum atomic E-state index is 15.2. The van der Waals surface area contributed by atoms with Gasteiger partial charge in [0.25, 0.3) is 11.8 Å². The molecule has 2 saturated heterocycles. The molecule has 4 aliphatic heterocycles. The molecule has 0 radical (unpaired) electrons. The van der Waals surface area contributed by atoms with Gasteiger partial charge in [0.15, 0.2) is 0 Å². The van der Waals surface area contributed by atoms with E-state index in [9.17, 15) is 4.79 Å². The van der Waals surface area contributed by atoms with Crippen molar-refractivity contribution in [2.24, 2.45) is 12.5 Å². The van der Waals surface area contributed by atoms with E-state index in [2.05, 4.69) is 77.3 Å². The number of rotatable bonds is 12. The molecule has 5 aromatic carbocycles. The fourth-order valence-corrected chi connectivity index (χ4v) is 11.7. The van der Waals surface area contributed by atoms with E-state index in [1.54, 1.807) is 18.2 Å². The number of pyridine rings is 1. The molecule has 4 aliphatic rings. The van der Waals surface area contributed by atoms with Crippen molar-refractivity contribution in [3.8, 4) is 22.9 Å². The predicted octanol–water partition coefficient (Wildman–Crippen LogP) is 9.74. The number of carbonyl (C=O) groups is 3. The molecule has 0 saturated carbocycles. The molecule has 3 amide bonds. The van der Waals surface area contributed by atoms with Gasteiger partial charge < -0.3 is 33.6 Å². The first kappa shape index (κ1) is 47.6. The molecule has 0 N–H and O–H groups in total. The van der Waals surface area contributed by atoms with Crippen LogP contribution in [0.2, 0.25) is 0 Å². The van der Waals surface area contributed by atoms with Gasteiger partial charge in [0.2, 0.25) is 11.8 Å². The van der Waals surface area contributed by atoms with Crippen LogP contribution in [0.3, 0.4) is 0 Å². The molecule has 6 heterocycles. The van der Waals surface area contributed by atoms with Crippen LogP contribution in [0, 0.1) is 19.3 Å². The van der Waals surface area contributed by atoms with Crippen LogP contribution in [0.4, 0.5) is 17.1 Å². The second kappa shape index (κ2) is 19.4. The molecule has 1 atom stereocenters. The van der Waals surface area contributed by atoms with E-state index in [0.29, 0.717) is 66.5 Å². The van der Waals surface area contributed by atoms with Crippen molar-refractivity contribution in [2.75, 3.05) is 56.7 Å². The molecule has 0 unspecified atom stereocenters. The monoisotopic (exact) mass is 973 g/mol. The number of anilines is 3. The highest BCUT2D eigenvalue weighted by Crippen LogP contribution is 2.42. The van der Waals surface area contributed by atoms with E-state index in [0.717, 1.165) is 75.6 Å². The van der Waals surface area contributed by atoms with Gasteiger partial charge >= 0.3 is 0 Å². The molecule has 11 rings (SSSR count). The van der Waals surface area contributed by atoms with Gasteiger partial charge in [-0.1, -0.05) is 66.7 Å². The number of para-hydroxylation sites is 1. The Balaban J connectivity index is 0.841. The number of benzene rings is 5. The zero-order valence-electron chi connectivity index (χ0n) is 42.7. The summed E-state index contributed by atoms with van der Waals surface area (Å²) in [5, 5.41) is 0. The SMILES string of the molecule is COc1ncc(N(C(=O)c2cc(-c3cc4c(cc3C(=O)N3Cc5ccccc5C[C@H]3C)CN(C(=O)Cc3ccc(OCc5cccc(N6CC7(CN(C)C7)C6)c5)cc3)CC4)n(C)c2C)c2ccccc2)cc1C. The Labute approximate surface area is 428 Å². The summed E-state index contributed by atoms with van der Waals surface area (Å²) in [7, 11) is 5.73. The lowest BCUT2D eigenvalue weighted by atomic mass is 9.73. The van der Waals surface area contributed by atoms with E-state index >= 15 is 9.59 Å². The number of methoxy groups -OCH3 is 1. The number of hydrogen-bond donors (Lipinski definition) is 0. The van der Waals surface area contributed by atoms with Crippen LogP contribution >= 0.6 is 0 Å². The number of amides is 3. The summed E-state index contributed by atoms with van der Waals surface area (Å²) in [5.74, 6) is 0.978. The third-order valence-corrected chi connectivity index (χ3v) is 15.7. The Hall–Kier alpha value is -7.70. The topological polar surface area (TPSA) is 104 Å². The first-order valence-electron chi connectivity index (χ1n) is 25.5.